The summed E-state index contributed by atoms with van der Waals surface area (Å²) in [6.45, 7) is 7.32. The lowest BCUT2D eigenvalue weighted by Gasteiger charge is -2.23. The molecule has 1 fully saturated rings. The molecule has 0 amide bonds. The van der Waals surface area contributed by atoms with Crippen molar-refractivity contribution in [1.82, 2.24) is 4.98 Å². The SMILES string of the molecule is Cc1ccc(P(C)(=O)/C=C(/CCC2CCOCC2)c2cc(-c3ccc(C#Cc4cscn4)cc3)sc2C(=O)O)c(C)c1. The average Bonchev–Trinajstić information content (AvgIpc) is 3.66. The van der Waals surface area contributed by atoms with E-state index in [2.05, 4.69) is 22.9 Å². The number of carboxylic acid groups (broad SMARTS) is 1. The van der Waals surface area contributed by atoms with E-state index in [4.69, 9.17) is 4.74 Å². The Kier molecular flexibility index (Phi) is 9.60. The van der Waals surface area contributed by atoms with E-state index in [1.165, 1.54) is 22.7 Å². The molecule has 1 saturated heterocycles. The molecule has 1 unspecified atom stereocenters. The second kappa shape index (κ2) is 13.4. The quantitative estimate of drug-likeness (QED) is 0.159. The highest BCUT2D eigenvalue weighted by atomic mass is 32.1. The molecule has 0 saturated carbocycles. The molecular weight excluding hydrogens is 581 g/mol. The summed E-state index contributed by atoms with van der Waals surface area (Å²) in [5, 5.41) is 13.0. The monoisotopic (exact) mass is 615 g/mol. The smallest absolute Gasteiger partial charge is 0.346 e. The maximum absolute atomic E-state index is 14.3. The second-order valence-electron chi connectivity index (χ2n) is 10.9. The topological polar surface area (TPSA) is 76.5 Å². The second-order valence-corrected chi connectivity index (χ2v) is 15.4. The molecule has 0 radical (unpaired) electrons. The average molecular weight is 616 g/mol. The van der Waals surface area contributed by atoms with Crippen LogP contribution in [0.3, 0.4) is 0 Å². The first-order chi connectivity index (χ1) is 20.2. The zero-order valence-corrected chi connectivity index (χ0v) is 26.6. The Labute approximate surface area is 255 Å². The van der Waals surface area contributed by atoms with Crippen molar-refractivity contribution in [3.8, 4) is 22.3 Å². The number of hydrogen-bond acceptors (Lipinski definition) is 6. The Bertz CT molecular complexity index is 1700. The highest BCUT2D eigenvalue weighted by Gasteiger charge is 2.25. The van der Waals surface area contributed by atoms with Crippen LogP contribution in [-0.2, 0) is 9.30 Å². The number of thiazole rings is 1. The molecule has 4 aromatic rings. The van der Waals surface area contributed by atoms with E-state index in [0.717, 1.165) is 76.2 Å². The van der Waals surface area contributed by atoms with Crippen molar-refractivity contribution >= 4 is 46.7 Å². The third kappa shape index (κ3) is 7.38. The summed E-state index contributed by atoms with van der Waals surface area (Å²) in [5.41, 5.74) is 7.90. The van der Waals surface area contributed by atoms with Crippen LogP contribution in [0.15, 0.2) is 65.2 Å². The fraction of sp³-hybridized carbons (Fsp3) is 0.294. The number of hydrogen-bond donors (Lipinski definition) is 1. The number of aromatic carboxylic acids is 1. The van der Waals surface area contributed by atoms with Gasteiger partial charge in [0.15, 0.2) is 0 Å². The van der Waals surface area contributed by atoms with E-state index in [9.17, 15) is 14.5 Å². The lowest BCUT2D eigenvalue weighted by molar-refractivity contribution is 0.0644. The van der Waals surface area contributed by atoms with Gasteiger partial charge in [0.1, 0.15) is 17.7 Å². The van der Waals surface area contributed by atoms with E-state index in [1.807, 2.05) is 67.5 Å². The molecule has 1 aliphatic heterocycles. The summed E-state index contributed by atoms with van der Waals surface area (Å²) >= 11 is 2.77. The molecular formula is C34H34NO4PS2. The lowest BCUT2D eigenvalue weighted by atomic mass is 9.91. The number of rotatable bonds is 8. The summed E-state index contributed by atoms with van der Waals surface area (Å²) in [6, 6.07) is 15.8. The first kappa shape index (κ1) is 30.2. The fourth-order valence-corrected chi connectivity index (χ4v) is 9.05. The molecule has 42 heavy (non-hydrogen) atoms. The Morgan fingerprint density at radius 2 is 1.88 bits per heavy atom. The number of aromatic nitrogens is 1. The van der Waals surface area contributed by atoms with E-state index in [1.54, 1.807) is 12.2 Å². The molecule has 216 valence electrons. The molecule has 8 heteroatoms. The highest BCUT2D eigenvalue weighted by molar-refractivity contribution is 7.74. The van der Waals surface area contributed by atoms with Gasteiger partial charge >= 0.3 is 5.97 Å². The number of nitrogens with zero attached hydrogens (tertiary/aromatic N) is 1. The van der Waals surface area contributed by atoms with Gasteiger partial charge in [-0.15, -0.1) is 22.7 Å². The minimum atomic E-state index is -2.94. The lowest BCUT2D eigenvalue weighted by Crippen LogP contribution is -2.15. The molecule has 3 heterocycles. The third-order valence-electron chi connectivity index (χ3n) is 7.60. The van der Waals surface area contributed by atoms with E-state index < -0.39 is 13.1 Å². The van der Waals surface area contributed by atoms with Crippen LogP contribution in [-0.4, -0.2) is 35.9 Å². The van der Waals surface area contributed by atoms with E-state index in [0.29, 0.717) is 17.9 Å². The first-order valence-electron chi connectivity index (χ1n) is 14.0. The summed E-state index contributed by atoms with van der Waals surface area (Å²) in [6.07, 6.45) is 3.55. The van der Waals surface area contributed by atoms with Crippen molar-refractivity contribution in [2.45, 2.75) is 39.5 Å². The highest BCUT2D eigenvalue weighted by Crippen LogP contribution is 2.48. The number of ether oxygens (including phenoxy) is 1. The van der Waals surface area contributed by atoms with Crippen LogP contribution in [0.1, 0.15) is 63.3 Å². The zero-order chi connectivity index (χ0) is 29.7. The molecule has 0 aliphatic carbocycles. The zero-order valence-electron chi connectivity index (χ0n) is 24.1. The van der Waals surface area contributed by atoms with Crippen LogP contribution in [0.4, 0.5) is 0 Å². The summed E-state index contributed by atoms with van der Waals surface area (Å²) in [4.78, 5) is 17.9. The predicted molar refractivity (Wildman–Crippen MR) is 175 cm³/mol. The minimum absolute atomic E-state index is 0.274. The van der Waals surface area contributed by atoms with Gasteiger partial charge in [0.2, 0.25) is 0 Å². The molecule has 5 rings (SSSR count). The number of aryl methyl sites for hydroxylation is 2. The molecule has 2 aromatic heterocycles. The summed E-state index contributed by atoms with van der Waals surface area (Å²) in [7, 11) is -2.94. The van der Waals surface area contributed by atoms with Gasteiger partial charge in [-0.3, -0.25) is 0 Å². The molecule has 1 aliphatic rings. The standard InChI is InChI=1S/C34H34NO4PS2/c1-23-4-13-31(24(2)18-23)40(3,38)20-28(11-7-26-14-16-39-17-15-26)30-19-32(42-33(30)34(36)37)27-9-5-25(6-10-27)8-12-29-21-41-22-35-29/h4-6,9-10,13,18-22,26H,7,11,14-17H2,1-3H3,(H,36,37)/b28-20-. The number of benzene rings is 2. The summed E-state index contributed by atoms with van der Waals surface area (Å²) < 4.78 is 19.8. The van der Waals surface area contributed by atoms with Gasteiger partial charge in [0.05, 0.1) is 5.51 Å². The molecule has 0 bridgehead atoms. The normalized spacial score (nSPS) is 15.5. The fourth-order valence-electron chi connectivity index (χ4n) is 5.39. The number of thiophene rings is 1. The van der Waals surface area contributed by atoms with Gasteiger partial charge in [-0.2, -0.15) is 0 Å². The molecule has 0 spiro atoms. The van der Waals surface area contributed by atoms with Crippen molar-refractivity contribution in [1.29, 1.82) is 0 Å². The number of allylic oxidation sites excluding steroid dienone is 1. The van der Waals surface area contributed by atoms with Gasteiger partial charge in [0, 0.05) is 39.9 Å². The minimum Gasteiger partial charge on any atom is -0.477 e. The number of carbonyl (C=O) groups is 1. The van der Waals surface area contributed by atoms with Crippen LogP contribution >= 0.6 is 29.8 Å². The van der Waals surface area contributed by atoms with Crippen molar-refractivity contribution in [3.05, 3.63) is 98.1 Å². The van der Waals surface area contributed by atoms with Gasteiger partial charge < -0.3 is 14.4 Å². The van der Waals surface area contributed by atoms with Gasteiger partial charge in [-0.1, -0.05) is 41.8 Å². The number of carboxylic acids is 1. The van der Waals surface area contributed by atoms with Crippen LogP contribution in [0.25, 0.3) is 16.0 Å². The molecule has 1 atom stereocenters. The maximum atomic E-state index is 14.3. The van der Waals surface area contributed by atoms with Crippen LogP contribution in [0, 0.1) is 31.6 Å². The predicted octanol–water partition coefficient (Wildman–Crippen LogP) is 8.45. The van der Waals surface area contributed by atoms with E-state index in [-0.39, 0.29) is 4.88 Å². The third-order valence-corrected chi connectivity index (χ3v) is 11.6. The maximum Gasteiger partial charge on any atom is 0.346 e. The first-order valence-corrected chi connectivity index (χ1v) is 18.0. The van der Waals surface area contributed by atoms with Crippen LogP contribution < -0.4 is 5.30 Å². The van der Waals surface area contributed by atoms with Gasteiger partial charge in [-0.25, -0.2) is 9.78 Å². The Morgan fingerprint density at radius 1 is 1.12 bits per heavy atom. The Hall–Kier alpha value is -3.27. The summed E-state index contributed by atoms with van der Waals surface area (Å²) in [5.74, 6) is 7.60. The Balaban J connectivity index is 1.52. The van der Waals surface area contributed by atoms with E-state index >= 15 is 0 Å². The van der Waals surface area contributed by atoms with Crippen molar-refractivity contribution in [2.24, 2.45) is 5.92 Å². The van der Waals surface area contributed by atoms with Crippen LogP contribution in [0.2, 0.25) is 0 Å². The molecule has 2 aromatic carbocycles. The van der Waals surface area contributed by atoms with Gasteiger partial charge in [-0.05, 0) is 98.8 Å². The molecule has 1 N–H and O–H groups in total. The molecule has 5 nitrogen and oxygen atoms in total. The van der Waals surface area contributed by atoms with Gasteiger partial charge in [0.25, 0.3) is 0 Å². The van der Waals surface area contributed by atoms with Crippen molar-refractivity contribution in [3.63, 3.8) is 0 Å². The van der Waals surface area contributed by atoms with Crippen LogP contribution in [0.5, 0.6) is 0 Å². The largest absolute Gasteiger partial charge is 0.477 e. The Morgan fingerprint density at radius 3 is 2.55 bits per heavy atom. The van der Waals surface area contributed by atoms with Crippen molar-refractivity contribution < 1.29 is 19.2 Å². The van der Waals surface area contributed by atoms with Crippen molar-refractivity contribution in [2.75, 3.05) is 19.9 Å².